The second kappa shape index (κ2) is 12.5. The Bertz CT molecular complexity index is 851. The van der Waals surface area contributed by atoms with E-state index in [0.29, 0.717) is 0 Å². The Morgan fingerprint density at radius 3 is 1.69 bits per heavy atom. The maximum Gasteiger partial charge on any atom is 0.188 e. The van der Waals surface area contributed by atoms with Gasteiger partial charge in [-0.15, -0.1) is 22.7 Å². The lowest BCUT2D eigenvalue weighted by Gasteiger charge is -2.13. The molecule has 0 spiro atoms. The summed E-state index contributed by atoms with van der Waals surface area (Å²) in [6.45, 7) is 4.74. The molecule has 0 saturated heterocycles. The molecule has 0 radical (unpaired) electrons. The molecule has 0 aromatic carbocycles. The molecule has 0 aliphatic carbocycles. The molecule has 0 unspecified atom stereocenters. The summed E-state index contributed by atoms with van der Waals surface area (Å²) < 4.78 is 15.1. The number of hydrogen-bond acceptors (Lipinski definition) is 4. The van der Waals surface area contributed by atoms with Crippen molar-refractivity contribution in [1.82, 2.24) is 4.57 Å². The van der Waals surface area contributed by atoms with Gasteiger partial charge in [-0.1, -0.05) is 76.8 Å². The van der Waals surface area contributed by atoms with E-state index in [4.69, 9.17) is 9.47 Å². The molecule has 4 rings (SSSR count). The van der Waals surface area contributed by atoms with Gasteiger partial charge in [0, 0.05) is 13.0 Å². The maximum atomic E-state index is 6.29. The Kier molecular flexibility index (Phi) is 9.16. The number of nitrogens with zero attached hydrogens (tertiary/aromatic N) is 1. The third-order valence-corrected chi connectivity index (χ3v) is 7.96. The summed E-state index contributed by atoms with van der Waals surface area (Å²) in [7, 11) is 0. The van der Waals surface area contributed by atoms with E-state index in [1.807, 2.05) is 0 Å². The van der Waals surface area contributed by atoms with E-state index in [1.165, 1.54) is 85.4 Å². The van der Waals surface area contributed by atoms with Gasteiger partial charge >= 0.3 is 0 Å². The van der Waals surface area contributed by atoms with E-state index in [-0.39, 0.29) is 0 Å². The van der Waals surface area contributed by atoms with Crippen molar-refractivity contribution in [1.29, 1.82) is 0 Å². The molecule has 1 aliphatic heterocycles. The Balaban J connectivity index is 1.46. The zero-order chi connectivity index (χ0) is 22.0. The fourth-order valence-corrected chi connectivity index (χ4v) is 6.10. The fourth-order valence-electron chi connectivity index (χ4n) is 4.54. The number of hydrogen-bond donors (Lipinski definition) is 0. The summed E-state index contributed by atoms with van der Waals surface area (Å²) in [5.74, 6) is 1.89. The predicted molar refractivity (Wildman–Crippen MR) is 139 cm³/mol. The highest BCUT2D eigenvalue weighted by Gasteiger charge is 2.29. The largest absolute Gasteiger partial charge is 0.487 e. The van der Waals surface area contributed by atoms with Gasteiger partial charge < -0.3 is 14.0 Å². The van der Waals surface area contributed by atoms with Gasteiger partial charge in [0.2, 0.25) is 0 Å². The summed E-state index contributed by atoms with van der Waals surface area (Å²) in [5.41, 5.74) is 2.41. The number of aromatic nitrogens is 1. The van der Waals surface area contributed by atoms with Crippen LogP contribution >= 0.6 is 22.7 Å². The topological polar surface area (TPSA) is 23.4 Å². The average molecular weight is 472 g/mol. The molecule has 1 aliphatic rings. The lowest BCUT2D eigenvalue weighted by Crippen LogP contribution is -2.05. The molecule has 0 bridgehead atoms. The Morgan fingerprint density at radius 1 is 0.719 bits per heavy atom. The van der Waals surface area contributed by atoms with Crippen LogP contribution in [0.4, 0.5) is 0 Å². The third-order valence-electron chi connectivity index (χ3n) is 6.20. The number of rotatable bonds is 13. The molecule has 5 heteroatoms. The standard InChI is InChI=1S/C27H37NO2S2/c1-2-3-4-5-6-7-8-9-10-11-17-28-24(22-15-12-20-31-22)26-27(30-19-14-18-29-26)25(28)23-16-13-21-32-23/h12-13,15-16,20-21H,2-11,14,17-19H2,1H3. The van der Waals surface area contributed by atoms with E-state index in [9.17, 15) is 0 Å². The van der Waals surface area contributed by atoms with Gasteiger partial charge in [-0.3, -0.25) is 0 Å². The van der Waals surface area contributed by atoms with Crippen molar-refractivity contribution in [2.24, 2.45) is 0 Å². The summed E-state index contributed by atoms with van der Waals surface area (Å²) >= 11 is 3.57. The minimum atomic E-state index is 0.720. The molecule has 3 aromatic heterocycles. The van der Waals surface area contributed by atoms with Crippen LogP contribution in [-0.2, 0) is 6.54 Å². The van der Waals surface area contributed by atoms with Gasteiger partial charge in [-0.2, -0.15) is 0 Å². The van der Waals surface area contributed by atoms with E-state index in [1.54, 1.807) is 22.7 Å². The number of ether oxygens (including phenoxy) is 2. The first kappa shape index (κ1) is 23.4. The first-order valence-electron chi connectivity index (χ1n) is 12.5. The van der Waals surface area contributed by atoms with E-state index < -0.39 is 0 Å². The molecular weight excluding hydrogens is 434 g/mol. The van der Waals surface area contributed by atoms with Gasteiger partial charge in [0.1, 0.15) is 11.4 Å². The summed E-state index contributed by atoms with van der Waals surface area (Å²) in [6.07, 6.45) is 14.5. The van der Waals surface area contributed by atoms with E-state index in [2.05, 4.69) is 46.5 Å². The fraction of sp³-hybridized carbons (Fsp3) is 0.556. The highest BCUT2D eigenvalue weighted by Crippen LogP contribution is 2.51. The van der Waals surface area contributed by atoms with Crippen molar-refractivity contribution < 1.29 is 9.47 Å². The monoisotopic (exact) mass is 471 g/mol. The minimum absolute atomic E-state index is 0.720. The molecule has 0 atom stereocenters. The lowest BCUT2D eigenvalue weighted by molar-refractivity contribution is 0.294. The normalized spacial score (nSPS) is 13.4. The zero-order valence-electron chi connectivity index (χ0n) is 19.4. The van der Waals surface area contributed by atoms with Crippen LogP contribution in [0.2, 0.25) is 0 Å². The molecule has 0 saturated carbocycles. The first-order valence-corrected chi connectivity index (χ1v) is 14.3. The average Bonchev–Trinajstić information content (AvgIpc) is 3.53. The van der Waals surface area contributed by atoms with E-state index in [0.717, 1.165) is 37.7 Å². The molecule has 3 aromatic rings. The van der Waals surface area contributed by atoms with Gasteiger partial charge in [-0.25, -0.2) is 0 Å². The summed E-state index contributed by atoms with van der Waals surface area (Å²) in [5, 5.41) is 4.31. The van der Waals surface area contributed by atoms with Crippen molar-refractivity contribution >= 4 is 22.7 Å². The molecule has 3 nitrogen and oxygen atoms in total. The molecule has 0 amide bonds. The molecule has 32 heavy (non-hydrogen) atoms. The first-order chi connectivity index (χ1) is 15.9. The second-order valence-corrected chi connectivity index (χ2v) is 10.6. The van der Waals surface area contributed by atoms with Crippen LogP contribution in [-0.4, -0.2) is 17.8 Å². The van der Waals surface area contributed by atoms with Crippen molar-refractivity contribution in [3.8, 4) is 32.6 Å². The van der Waals surface area contributed by atoms with Crippen LogP contribution in [0, 0.1) is 0 Å². The molecule has 4 heterocycles. The maximum absolute atomic E-state index is 6.29. The van der Waals surface area contributed by atoms with Crippen molar-refractivity contribution in [3.63, 3.8) is 0 Å². The Morgan fingerprint density at radius 2 is 1.22 bits per heavy atom. The van der Waals surface area contributed by atoms with Crippen LogP contribution in [0.25, 0.3) is 21.1 Å². The highest BCUT2D eigenvalue weighted by molar-refractivity contribution is 7.14. The molecular formula is C27H37NO2S2. The summed E-state index contributed by atoms with van der Waals surface area (Å²) in [4.78, 5) is 2.53. The Labute approximate surface area is 201 Å². The van der Waals surface area contributed by atoms with Crippen molar-refractivity contribution in [2.75, 3.05) is 13.2 Å². The van der Waals surface area contributed by atoms with Crippen LogP contribution in [0.3, 0.4) is 0 Å². The highest BCUT2D eigenvalue weighted by atomic mass is 32.1. The smallest absolute Gasteiger partial charge is 0.188 e. The molecule has 0 N–H and O–H groups in total. The molecule has 174 valence electrons. The van der Waals surface area contributed by atoms with E-state index >= 15 is 0 Å². The van der Waals surface area contributed by atoms with Crippen molar-refractivity contribution in [3.05, 3.63) is 35.0 Å². The van der Waals surface area contributed by atoms with Crippen molar-refractivity contribution in [2.45, 2.75) is 84.1 Å². The van der Waals surface area contributed by atoms with Crippen LogP contribution in [0.15, 0.2) is 35.0 Å². The van der Waals surface area contributed by atoms with Crippen LogP contribution in [0.5, 0.6) is 11.5 Å². The quantitative estimate of drug-likeness (QED) is 0.232. The number of fused-ring (bicyclic) bond motifs is 1. The minimum Gasteiger partial charge on any atom is -0.487 e. The number of unbranched alkanes of at least 4 members (excludes halogenated alkanes) is 9. The van der Waals surface area contributed by atoms with Crippen LogP contribution in [0.1, 0.15) is 77.6 Å². The zero-order valence-corrected chi connectivity index (χ0v) is 21.1. The Hall–Kier alpha value is -1.72. The van der Waals surface area contributed by atoms with Crippen LogP contribution < -0.4 is 9.47 Å². The van der Waals surface area contributed by atoms with Gasteiger partial charge in [0.25, 0.3) is 0 Å². The van der Waals surface area contributed by atoms with Gasteiger partial charge in [-0.05, 0) is 29.3 Å². The molecule has 0 fully saturated rings. The predicted octanol–water partition coefficient (Wildman–Crippen LogP) is 9.03. The summed E-state index contributed by atoms with van der Waals surface area (Å²) in [6, 6.07) is 8.68. The number of thiophene rings is 2. The SMILES string of the molecule is CCCCCCCCCCCCn1c(-c2cccs2)c2c(c1-c1cccs1)OCCCO2. The van der Waals surface area contributed by atoms with Gasteiger partial charge in [0.15, 0.2) is 11.5 Å². The second-order valence-electron chi connectivity index (χ2n) is 8.69. The third kappa shape index (κ3) is 5.79. The lowest BCUT2D eigenvalue weighted by atomic mass is 10.1. The van der Waals surface area contributed by atoms with Gasteiger partial charge in [0.05, 0.1) is 23.0 Å².